The standard InChI is InChI=1S/C25H30N4O2S/c1-3-13-29-24(31)21-11-7-8-12-22(21)26-25(29)32-19(2)23(30)28-16-14-27(15-17-28)18-20-9-5-4-6-10-20/h4-12,19H,3,13-18H2,1-2H3. The number of fused-ring (bicyclic) bond motifs is 1. The second kappa shape index (κ2) is 10.3. The van der Waals surface area contributed by atoms with E-state index in [0.717, 1.165) is 39.1 Å². The van der Waals surface area contributed by atoms with Crippen LogP contribution in [0.2, 0.25) is 0 Å². The van der Waals surface area contributed by atoms with Crippen LogP contribution in [0.4, 0.5) is 0 Å². The molecule has 6 nitrogen and oxygen atoms in total. The molecule has 0 saturated carbocycles. The second-order valence-electron chi connectivity index (χ2n) is 8.22. The number of thioether (sulfide) groups is 1. The van der Waals surface area contributed by atoms with Crippen LogP contribution >= 0.6 is 11.8 Å². The zero-order valence-corrected chi connectivity index (χ0v) is 19.6. The predicted molar refractivity (Wildman–Crippen MR) is 130 cm³/mol. The lowest BCUT2D eigenvalue weighted by Gasteiger charge is -2.35. The van der Waals surface area contributed by atoms with E-state index in [1.165, 1.54) is 17.3 Å². The molecule has 1 fully saturated rings. The molecule has 1 aliphatic heterocycles. The van der Waals surface area contributed by atoms with Gasteiger partial charge in [0.05, 0.1) is 16.2 Å². The van der Waals surface area contributed by atoms with Gasteiger partial charge < -0.3 is 4.90 Å². The molecule has 1 aliphatic rings. The Morgan fingerprint density at radius 3 is 2.44 bits per heavy atom. The summed E-state index contributed by atoms with van der Waals surface area (Å²) in [5.74, 6) is 0.111. The molecule has 0 N–H and O–H groups in total. The summed E-state index contributed by atoms with van der Waals surface area (Å²) in [5.41, 5.74) is 1.95. The molecule has 168 valence electrons. The van der Waals surface area contributed by atoms with E-state index in [9.17, 15) is 9.59 Å². The summed E-state index contributed by atoms with van der Waals surface area (Å²) in [5, 5.41) is 0.949. The minimum absolute atomic E-state index is 0.0332. The number of piperazine rings is 1. The molecule has 1 amide bonds. The highest BCUT2D eigenvalue weighted by Gasteiger charge is 2.27. The van der Waals surface area contributed by atoms with E-state index in [2.05, 4.69) is 29.2 Å². The Morgan fingerprint density at radius 1 is 1.03 bits per heavy atom. The number of para-hydroxylation sites is 1. The molecule has 4 rings (SSSR count). The van der Waals surface area contributed by atoms with E-state index < -0.39 is 0 Å². The van der Waals surface area contributed by atoms with Crippen LogP contribution in [0.3, 0.4) is 0 Å². The van der Waals surface area contributed by atoms with Gasteiger partial charge in [0, 0.05) is 39.3 Å². The van der Waals surface area contributed by atoms with Gasteiger partial charge in [-0.3, -0.25) is 19.1 Å². The lowest BCUT2D eigenvalue weighted by molar-refractivity contribution is -0.132. The average molecular weight is 451 g/mol. The van der Waals surface area contributed by atoms with Crippen LogP contribution < -0.4 is 5.56 Å². The molecule has 0 spiro atoms. The number of nitrogens with zero attached hydrogens (tertiary/aromatic N) is 4. The first-order valence-electron chi connectivity index (χ1n) is 11.3. The molecule has 1 saturated heterocycles. The number of carbonyl (C=O) groups excluding carboxylic acids is 1. The maximum atomic E-state index is 13.2. The third kappa shape index (κ3) is 5.05. The van der Waals surface area contributed by atoms with Gasteiger partial charge in [0.25, 0.3) is 5.56 Å². The van der Waals surface area contributed by atoms with Crippen molar-refractivity contribution in [3.8, 4) is 0 Å². The Kier molecular flexibility index (Phi) is 7.27. The smallest absolute Gasteiger partial charge is 0.262 e. The third-order valence-corrected chi connectivity index (χ3v) is 6.91. The highest BCUT2D eigenvalue weighted by molar-refractivity contribution is 8.00. The van der Waals surface area contributed by atoms with E-state index in [1.54, 1.807) is 4.57 Å². The molecule has 1 unspecified atom stereocenters. The minimum atomic E-state index is -0.299. The van der Waals surface area contributed by atoms with Gasteiger partial charge in [-0.05, 0) is 31.0 Å². The van der Waals surface area contributed by atoms with Gasteiger partial charge in [0.1, 0.15) is 0 Å². The molecule has 2 aromatic carbocycles. The Hall–Kier alpha value is -2.64. The fourth-order valence-corrected chi connectivity index (χ4v) is 5.11. The van der Waals surface area contributed by atoms with E-state index in [0.29, 0.717) is 22.6 Å². The Bertz CT molecular complexity index is 1120. The maximum Gasteiger partial charge on any atom is 0.262 e. The first-order chi connectivity index (χ1) is 15.6. The number of carbonyl (C=O) groups is 1. The van der Waals surface area contributed by atoms with Crippen molar-refractivity contribution in [2.45, 2.75) is 43.8 Å². The van der Waals surface area contributed by atoms with Gasteiger partial charge in [-0.2, -0.15) is 0 Å². The summed E-state index contributed by atoms with van der Waals surface area (Å²) in [6.07, 6.45) is 0.833. The molecule has 1 atom stereocenters. The van der Waals surface area contributed by atoms with Crippen LogP contribution in [0.5, 0.6) is 0 Å². The van der Waals surface area contributed by atoms with Crippen molar-refractivity contribution in [3.05, 3.63) is 70.5 Å². The first kappa shape index (κ1) is 22.6. The number of amides is 1. The normalized spacial score (nSPS) is 15.8. The largest absolute Gasteiger partial charge is 0.339 e. The fourth-order valence-electron chi connectivity index (χ4n) is 4.09. The molecule has 0 aliphatic carbocycles. The molecular formula is C25H30N4O2S. The van der Waals surface area contributed by atoms with E-state index >= 15 is 0 Å². The van der Waals surface area contributed by atoms with Gasteiger partial charge in [-0.15, -0.1) is 0 Å². The molecule has 32 heavy (non-hydrogen) atoms. The molecule has 1 aromatic heterocycles. The summed E-state index contributed by atoms with van der Waals surface area (Å²) in [4.78, 5) is 35.2. The maximum absolute atomic E-state index is 13.2. The summed E-state index contributed by atoms with van der Waals surface area (Å²) >= 11 is 1.39. The molecular weight excluding hydrogens is 420 g/mol. The van der Waals surface area contributed by atoms with Crippen molar-refractivity contribution in [2.75, 3.05) is 26.2 Å². The van der Waals surface area contributed by atoms with Crippen molar-refractivity contribution in [2.24, 2.45) is 0 Å². The highest BCUT2D eigenvalue weighted by Crippen LogP contribution is 2.24. The summed E-state index contributed by atoms with van der Waals surface area (Å²) in [6.45, 7) is 8.66. The van der Waals surface area contributed by atoms with Crippen molar-refractivity contribution in [3.63, 3.8) is 0 Å². The monoisotopic (exact) mass is 450 g/mol. The van der Waals surface area contributed by atoms with E-state index in [4.69, 9.17) is 4.98 Å². The SMILES string of the molecule is CCCn1c(SC(C)C(=O)N2CCN(Cc3ccccc3)CC2)nc2ccccc2c1=O. The van der Waals surface area contributed by atoms with Gasteiger partial charge in [0.15, 0.2) is 5.16 Å². The van der Waals surface area contributed by atoms with Gasteiger partial charge in [-0.1, -0.05) is 61.2 Å². The minimum Gasteiger partial charge on any atom is -0.339 e. The molecule has 2 heterocycles. The number of rotatable bonds is 7. The van der Waals surface area contributed by atoms with Crippen LogP contribution in [0.25, 0.3) is 10.9 Å². The van der Waals surface area contributed by atoms with Crippen LogP contribution in [0, 0.1) is 0 Å². The van der Waals surface area contributed by atoms with Gasteiger partial charge in [-0.25, -0.2) is 4.98 Å². The molecule has 0 radical (unpaired) electrons. The quantitative estimate of drug-likeness (QED) is 0.406. The Labute approximate surface area is 193 Å². The van der Waals surface area contributed by atoms with Gasteiger partial charge >= 0.3 is 0 Å². The summed E-state index contributed by atoms with van der Waals surface area (Å²) < 4.78 is 1.72. The van der Waals surface area contributed by atoms with Crippen molar-refractivity contribution in [1.29, 1.82) is 0 Å². The molecule has 7 heteroatoms. The number of aromatic nitrogens is 2. The lowest BCUT2D eigenvalue weighted by atomic mass is 10.2. The fraction of sp³-hybridized carbons (Fsp3) is 0.400. The van der Waals surface area contributed by atoms with Crippen LogP contribution in [-0.2, 0) is 17.9 Å². The average Bonchev–Trinajstić information content (AvgIpc) is 2.82. The topological polar surface area (TPSA) is 58.4 Å². The zero-order chi connectivity index (χ0) is 22.5. The third-order valence-electron chi connectivity index (χ3n) is 5.84. The number of benzene rings is 2. The molecule has 3 aromatic rings. The van der Waals surface area contributed by atoms with E-state index in [1.807, 2.05) is 49.1 Å². The lowest BCUT2D eigenvalue weighted by Crippen LogP contribution is -2.50. The number of hydrogen-bond acceptors (Lipinski definition) is 5. The highest BCUT2D eigenvalue weighted by atomic mass is 32.2. The summed E-state index contributed by atoms with van der Waals surface area (Å²) in [7, 11) is 0. The van der Waals surface area contributed by atoms with Crippen molar-refractivity contribution in [1.82, 2.24) is 19.4 Å². The second-order valence-corrected chi connectivity index (χ2v) is 9.52. The van der Waals surface area contributed by atoms with Crippen LogP contribution in [0.1, 0.15) is 25.8 Å². The Balaban J connectivity index is 1.42. The van der Waals surface area contributed by atoms with E-state index in [-0.39, 0.29) is 16.7 Å². The summed E-state index contributed by atoms with van der Waals surface area (Å²) in [6, 6.07) is 17.9. The zero-order valence-electron chi connectivity index (χ0n) is 18.7. The van der Waals surface area contributed by atoms with Crippen LogP contribution in [-0.4, -0.2) is 56.7 Å². The van der Waals surface area contributed by atoms with Crippen molar-refractivity contribution >= 4 is 28.6 Å². The van der Waals surface area contributed by atoms with Crippen molar-refractivity contribution < 1.29 is 4.79 Å². The number of hydrogen-bond donors (Lipinski definition) is 0. The van der Waals surface area contributed by atoms with Crippen LogP contribution in [0.15, 0.2) is 64.5 Å². The molecule has 0 bridgehead atoms. The first-order valence-corrected chi connectivity index (χ1v) is 12.2. The predicted octanol–water partition coefficient (Wildman–Crippen LogP) is 3.63. The van der Waals surface area contributed by atoms with Gasteiger partial charge in [0.2, 0.25) is 5.91 Å². The Morgan fingerprint density at radius 2 is 1.72 bits per heavy atom.